The van der Waals surface area contributed by atoms with Gasteiger partial charge >= 0.3 is 0 Å². The van der Waals surface area contributed by atoms with Crippen LogP contribution in [-0.2, 0) is 4.79 Å². The molecular formula is C23H21Cl2N3O3. The van der Waals surface area contributed by atoms with Crippen molar-refractivity contribution in [3.8, 4) is 5.75 Å². The minimum atomic E-state index is -0.504. The van der Waals surface area contributed by atoms with Gasteiger partial charge in [0.05, 0.1) is 12.1 Å². The Kier molecular flexibility index (Phi) is 7.39. The van der Waals surface area contributed by atoms with Gasteiger partial charge in [-0.1, -0.05) is 23.2 Å². The zero-order valence-corrected chi connectivity index (χ0v) is 18.4. The van der Waals surface area contributed by atoms with E-state index in [1.54, 1.807) is 73.7 Å². The first-order valence-electron chi connectivity index (χ1n) is 9.43. The molecule has 3 N–H and O–H groups in total. The lowest BCUT2D eigenvalue weighted by atomic mass is 10.2. The van der Waals surface area contributed by atoms with E-state index >= 15 is 0 Å². The number of methoxy groups -OCH3 is 1. The quantitative estimate of drug-likeness (QED) is 0.425. The highest BCUT2D eigenvalue weighted by Gasteiger charge is 2.14. The molecule has 0 aliphatic rings. The van der Waals surface area contributed by atoms with Crippen LogP contribution in [-0.4, -0.2) is 25.0 Å². The summed E-state index contributed by atoms with van der Waals surface area (Å²) in [7, 11) is 1.53. The fourth-order valence-corrected chi connectivity index (χ4v) is 3.15. The number of ether oxygens (including phenoxy) is 1. The maximum absolute atomic E-state index is 12.5. The van der Waals surface area contributed by atoms with E-state index in [1.165, 1.54) is 7.11 Å². The Hall–Kier alpha value is -3.22. The van der Waals surface area contributed by atoms with E-state index in [0.717, 1.165) is 5.69 Å². The lowest BCUT2D eigenvalue weighted by Crippen LogP contribution is -2.31. The van der Waals surface area contributed by atoms with Crippen molar-refractivity contribution in [3.05, 3.63) is 82.3 Å². The van der Waals surface area contributed by atoms with Gasteiger partial charge in [0, 0.05) is 27.6 Å². The fraction of sp³-hybridized carbons (Fsp3) is 0.130. The maximum atomic E-state index is 12.5. The summed E-state index contributed by atoms with van der Waals surface area (Å²) in [4.78, 5) is 24.7. The van der Waals surface area contributed by atoms with Crippen molar-refractivity contribution in [1.82, 2.24) is 0 Å². The molecule has 0 spiro atoms. The van der Waals surface area contributed by atoms with Crippen LogP contribution in [0.5, 0.6) is 5.75 Å². The van der Waals surface area contributed by atoms with E-state index in [-0.39, 0.29) is 11.8 Å². The van der Waals surface area contributed by atoms with Gasteiger partial charge in [-0.3, -0.25) is 9.59 Å². The van der Waals surface area contributed by atoms with Gasteiger partial charge in [-0.15, -0.1) is 0 Å². The molecule has 31 heavy (non-hydrogen) atoms. The molecule has 0 saturated carbocycles. The van der Waals surface area contributed by atoms with Crippen LogP contribution < -0.4 is 20.7 Å². The van der Waals surface area contributed by atoms with E-state index in [1.807, 2.05) is 0 Å². The molecule has 6 nitrogen and oxygen atoms in total. The summed E-state index contributed by atoms with van der Waals surface area (Å²) in [6.07, 6.45) is 0. The number of nitrogens with one attached hydrogen (secondary N) is 3. The number of carbonyl (C=O) groups excluding carboxylic acids is 2. The molecule has 1 atom stereocenters. The zero-order chi connectivity index (χ0) is 22.4. The summed E-state index contributed by atoms with van der Waals surface area (Å²) in [5.41, 5.74) is 2.45. The van der Waals surface area contributed by atoms with Gasteiger partial charge in [0.1, 0.15) is 11.8 Å². The van der Waals surface area contributed by atoms with Gasteiger partial charge in [-0.25, -0.2) is 0 Å². The number of amides is 2. The Balaban J connectivity index is 1.56. The molecule has 0 aliphatic heterocycles. The molecule has 3 rings (SSSR count). The van der Waals surface area contributed by atoms with E-state index < -0.39 is 6.04 Å². The average molecular weight is 458 g/mol. The number of anilines is 3. The lowest BCUT2D eigenvalue weighted by Gasteiger charge is -2.16. The minimum absolute atomic E-state index is 0.221. The summed E-state index contributed by atoms with van der Waals surface area (Å²) >= 11 is 11.9. The second-order valence-electron chi connectivity index (χ2n) is 6.74. The zero-order valence-electron chi connectivity index (χ0n) is 16.9. The molecule has 0 saturated heterocycles. The fourth-order valence-electron chi connectivity index (χ4n) is 2.76. The summed E-state index contributed by atoms with van der Waals surface area (Å²) in [6.45, 7) is 1.75. The molecule has 0 aliphatic carbocycles. The van der Waals surface area contributed by atoms with Crippen LogP contribution >= 0.6 is 23.2 Å². The van der Waals surface area contributed by atoms with Gasteiger partial charge < -0.3 is 20.7 Å². The molecule has 1 unspecified atom stereocenters. The molecule has 0 bridgehead atoms. The molecule has 2 amide bonds. The summed E-state index contributed by atoms with van der Waals surface area (Å²) in [5, 5.41) is 9.73. The van der Waals surface area contributed by atoms with Crippen LogP contribution in [0.4, 0.5) is 17.1 Å². The van der Waals surface area contributed by atoms with E-state index in [4.69, 9.17) is 27.9 Å². The van der Waals surface area contributed by atoms with Crippen LogP contribution in [0.15, 0.2) is 66.7 Å². The van der Waals surface area contributed by atoms with Crippen LogP contribution in [0.3, 0.4) is 0 Å². The molecule has 0 fully saturated rings. The Morgan fingerprint density at radius 1 is 0.839 bits per heavy atom. The summed E-state index contributed by atoms with van der Waals surface area (Å²) < 4.78 is 5.11. The Labute approximate surface area is 190 Å². The number of rotatable bonds is 7. The van der Waals surface area contributed by atoms with Crippen molar-refractivity contribution >= 4 is 52.1 Å². The normalized spacial score (nSPS) is 11.4. The SMILES string of the molecule is COc1ccc(NC(=O)C(C)Nc2ccc(NC(=O)c3ccc(Cl)cc3)cc2)cc1Cl. The van der Waals surface area contributed by atoms with Crippen LogP contribution in [0.2, 0.25) is 10.0 Å². The van der Waals surface area contributed by atoms with Crippen molar-refractivity contribution in [3.63, 3.8) is 0 Å². The molecule has 3 aromatic carbocycles. The van der Waals surface area contributed by atoms with Crippen molar-refractivity contribution in [2.75, 3.05) is 23.1 Å². The highest BCUT2D eigenvalue weighted by molar-refractivity contribution is 6.32. The Morgan fingerprint density at radius 3 is 2.06 bits per heavy atom. The molecule has 0 radical (unpaired) electrons. The minimum Gasteiger partial charge on any atom is -0.495 e. The van der Waals surface area contributed by atoms with Gasteiger partial charge in [0.25, 0.3) is 5.91 Å². The van der Waals surface area contributed by atoms with Gasteiger partial charge in [0.15, 0.2) is 0 Å². The maximum Gasteiger partial charge on any atom is 0.255 e. The third-order valence-corrected chi connectivity index (χ3v) is 4.99. The van der Waals surface area contributed by atoms with Crippen LogP contribution in [0, 0.1) is 0 Å². The van der Waals surface area contributed by atoms with Crippen molar-refractivity contribution in [2.45, 2.75) is 13.0 Å². The Morgan fingerprint density at radius 2 is 1.45 bits per heavy atom. The smallest absolute Gasteiger partial charge is 0.255 e. The number of hydrogen-bond donors (Lipinski definition) is 3. The number of halogens is 2. The van der Waals surface area contributed by atoms with Crippen molar-refractivity contribution in [1.29, 1.82) is 0 Å². The molecule has 160 valence electrons. The van der Waals surface area contributed by atoms with Crippen molar-refractivity contribution < 1.29 is 14.3 Å². The number of carbonyl (C=O) groups is 2. The third-order valence-electron chi connectivity index (χ3n) is 4.44. The van der Waals surface area contributed by atoms with E-state index in [9.17, 15) is 9.59 Å². The number of benzene rings is 3. The highest BCUT2D eigenvalue weighted by Crippen LogP contribution is 2.27. The van der Waals surface area contributed by atoms with E-state index in [2.05, 4.69) is 16.0 Å². The Bertz CT molecular complexity index is 1070. The van der Waals surface area contributed by atoms with Crippen LogP contribution in [0.1, 0.15) is 17.3 Å². The highest BCUT2D eigenvalue weighted by atomic mass is 35.5. The summed E-state index contributed by atoms with van der Waals surface area (Å²) in [5.74, 6) is 0.0821. The van der Waals surface area contributed by atoms with Gasteiger partial charge in [0.2, 0.25) is 5.91 Å². The van der Waals surface area contributed by atoms with Gasteiger partial charge in [-0.05, 0) is 73.7 Å². The van der Waals surface area contributed by atoms with Crippen molar-refractivity contribution in [2.24, 2.45) is 0 Å². The lowest BCUT2D eigenvalue weighted by molar-refractivity contribution is -0.116. The second-order valence-corrected chi connectivity index (χ2v) is 7.59. The predicted octanol–water partition coefficient (Wildman–Crippen LogP) is 5.69. The average Bonchev–Trinajstić information content (AvgIpc) is 2.75. The largest absolute Gasteiger partial charge is 0.495 e. The second kappa shape index (κ2) is 10.2. The monoisotopic (exact) mass is 457 g/mol. The number of hydrogen-bond acceptors (Lipinski definition) is 4. The standard InChI is InChI=1S/C23H21Cl2N3O3/c1-14(22(29)28-19-11-12-21(31-2)20(25)13-19)26-17-7-9-18(10-8-17)27-23(30)15-3-5-16(24)6-4-15/h3-14,26H,1-2H3,(H,27,30)(H,28,29). The molecule has 8 heteroatoms. The summed E-state index contributed by atoms with van der Waals surface area (Å²) in [6, 6.07) is 18.2. The first kappa shape index (κ1) is 22.5. The molecular weight excluding hydrogens is 437 g/mol. The molecule has 0 aromatic heterocycles. The van der Waals surface area contributed by atoms with E-state index in [0.29, 0.717) is 32.7 Å². The topological polar surface area (TPSA) is 79.5 Å². The molecule has 3 aromatic rings. The van der Waals surface area contributed by atoms with Gasteiger partial charge in [-0.2, -0.15) is 0 Å². The first-order valence-corrected chi connectivity index (χ1v) is 10.2. The molecule has 0 heterocycles. The predicted molar refractivity (Wildman–Crippen MR) is 126 cm³/mol. The van der Waals surface area contributed by atoms with Crippen LogP contribution in [0.25, 0.3) is 0 Å². The third kappa shape index (κ3) is 6.13. The first-order chi connectivity index (χ1) is 14.9.